The maximum absolute atomic E-state index is 12.2. The van der Waals surface area contributed by atoms with Crippen molar-refractivity contribution in [2.24, 2.45) is 0 Å². The smallest absolute Gasteiger partial charge is 0.259 e. The Labute approximate surface area is 104 Å². The zero-order chi connectivity index (χ0) is 12.6. The first kappa shape index (κ1) is 12.0. The summed E-state index contributed by atoms with van der Waals surface area (Å²) < 4.78 is 4.89. The van der Waals surface area contributed by atoms with Gasteiger partial charge >= 0.3 is 0 Å². The van der Waals surface area contributed by atoms with Crippen LogP contribution in [0.5, 0.6) is 0 Å². The molecule has 1 aliphatic rings. The van der Waals surface area contributed by atoms with Gasteiger partial charge in [-0.1, -0.05) is 0 Å². The van der Waals surface area contributed by atoms with Crippen LogP contribution in [0.1, 0.15) is 24.2 Å². The third-order valence-electron chi connectivity index (χ3n) is 2.94. The van der Waals surface area contributed by atoms with Crippen molar-refractivity contribution >= 4 is 23.4 Å². The first-order valence-corrected chi connectivity index (χ1v) is 5.65. The van der Waals surface area contributed by atoms with Gasteiger partial charge in [0, 0.05) is 13.1 Å². The zero-order valence-electron chi connectivity index (χ0n) is 9.62. The van der Waals surface area contributed by atoms with E-state index in [2.05, 4.69) is 5.32 Å². The van der Waals surface area contributed by atoms with Crippen molar-refractivity contribution in [3.63, 3.8) is 0 Å². The summed E-state index contributed by atoms with van der Waals surface area (Å²) in [4.78, 5) is 25.5. The van der Waals surface area contributed by atoms with E-state index in [1.54, 1.807) is 13.8 Å². The molecule has 2 heterocycles. The molecule has 1 aromatic rings. The fourth-order valence-electron chi connectivity index (χ4n) is 1.85. The highest BCUT2D eigenvalue weighted by molar-refractivity contribution is 6.32. The summed E-state index contributed by atoms with van der Waals surface area (Å²) in [6.45, 7) is 4.31. The van der Waals surface area contributed by atoms with Gasteiger partial charge in [0.15, 0.2) is 0 Å². The van der Waals surface area contributed by atoms with E-state index in [0.717, 1.165) is 0 Å². The summed E-state index contributed by atoms with van der Waals surface area (Å²) in [5, 5.41) is 2.78. The van der Waals surface area contributed by atoms with E-state index in [4.69, 9.17) is 16.0 Å². The lowest BCUT2D eigenvalue weighted by molar-refractivity contribution is -0.133. The highest BCUT2D eigenvalue weighted by atomic mass is 35.5. The van der Waals surface area contributed by atoms with Crippen molar-refractivity contribution in [1.82, 2.24) is 10.2 Å². The molecule has 2 rings (SSSR count). The SMILES string of the molecule is CC1(C)C(=O)NCCN1C(=O)c1ccoc1Cl. The van der Waals surface area contributed by atoms with E-state index in [1.807, 2.05) is 0 Å². The minimum atomic E-state index is -0.879. The molecule has 1 N–H and O–H groups in total. The number of hydrogen-bond donors (Lipinski definition) is 1. The van der Waals surface area contributed by atoms with Gasteiger partial charge in [0.2, 0.25) is 11.1 Å². The van der Waals surface area contributed by atoms with Crippen molar-refractivity contribution in [3.8, 4) is 0 Å². The number of nitrogens with one attached hydrogen (secondary N) is 1. The first-order valence-electron chi connectivity index (χ1n) is 5.28. The minimum Gasteiger partial charge on any atom is -0.452 e. The molecule has 0 aliphatic carbocycles. The highest BCUT2D eigenvalue weighted by Gasteiger charge is 2.41. The molecule has 5 nitrogen and oxygen atoms in total. The summed E-state index contributed by atoms with van der Waals surface area (Å²) in [6, 6.07) is 1.51. The number of nitrogens with zero attached hydrogens (tertiary/aromatic N) is 1. The lowest BCUT2D eigenvalue weighted by atomic mass is 9.98. The van der Waals surface area contributed by atoms with Crippen LogP contribution in [0.25, 0.3) is 0 Å². The molecule has 1 fully saturated rings. The van der Waals surface area contributed by atoms with Crippen LogP contribution in [0.2, 0.25) is 5.22 Å². The van der Waals surface area contributed by atoms with Gasteiger partial charge in [-0.2, -0.15) is 0 Å². The Kier molecular flexibility index (Phi) is 2.87. The van der Waals surface area contributed by atoms with Crippen LogP contribution >= 0.6 is 11.6 Å². The monoisotopic (exact) mass is 256 g/mol. The van der Waals surface area contributed by atoms with Crippen LogP contribution in [-0.2, 0) is 4.79 Å². The van der Waals surface area contributed by atoms with Crippen LogP contribution in [0.3, 0.4) is 0 Å². The summed E-state index contributed by atoms with van der Waals surface area (Å²) in [5.74, 6) is -0.458. The summed E-state index contributed by atoms with van der Waals surface area (Å²) in [7, 11) is 0. The van der Waals surface area contributed by atoms with Crippen molar-refractivity contribution in [1.29, 1.82) is 0 Å². The van der Waals surface area contributed by atoms with Gasteiger partial charge in [0.05, 0.1) is 11.8 Å². The molecule has 2 amide bonds. The second-order valence-corrected chi connectivity index (χ2v) is 4.72. The number of halogens is 1. The molecule has 0 saturated carbocycles. The normalized spacial score (nSPS) is 19.0. The van der Waals surface area contributed by atoms with Gasteiger partial charge in [-0.25, -0.2) is 0 Å². The fraction of sp³-hybridized carbons (Fsp3) is 0.455. The van der Waals surface area contributed by atoms with E-state index in [9.17, 15) is 9.59 Å². The maximum Gasteiger partial charge on any atom is 0.259 e. The molecule has 0 spiro atoms. The van der Waals surface area contributed by atoms with E-state index < -0.39 is 5.54 Å². The van der Waals surface area contributed by atoms with E-state index in [-0.39, 0.29) is 22.6 Å². The van der Waals surface area contributed by atoms with Crippen LogP contribution in [0.15, 0.2) is 16.7 Å². The van der Waals surface area contributed by atoms with Gasteiger partial charge < -0.3 is 14.6 Å². The molecule has 0 atom stereocenters. The predicted molar refractivity (Wildman–Crippen MR) is 61.8 cm³/mol. The van der Waals surface area contributed by atoms with E-state index in [0.29, 0.717) is 13.1 Å². The van der Waals surface area contributed by atoms with Crippen LogP contribution in [0.4, 0.5) is 0 Å². The molecule has 6 heteroatoms. The zero-order valence-corrected chi connectivity index (χ0v) is 10.4. The Morgan fingerprint density at radius 1 is 1.59 bits per heavy atom. The fourth-order valence-corrected chi connectivity index (χ4v) is 2.04. The molecule has 0 radical (unpaired) electrons. The van der Waals surface area contributed by atoms with E-state index >= 15 is 0 Å². The quantitative estimate of drug-likeness (QED) is 0.823. The van der Waals surface area contributed by atoms with Crippen LogP contribution in [0, 0.1) is 0 Å². The number of carbonyl (C=O) groups excluding carboxylic acids is 2. The maximum atomic E-state index is 12.2. The molecule has 1 saturated heterocycles. The molecule has 17 heavy (non-hydrogen) atoms. The molecule has 1 aromatic heterocycles. The number of hydrogen-bond acceptors (Lipinski definition) is 3. The van der Waals surface area contributed by atoms with Gasteiger partial charge in [0.25, 0.3) is 5.91 Å². The van der Waals surface area contributed by atoms with Gasteiger partial charge in [0.1, 0.15) is 5.54 Å². The Morgan fingerprint density at radius 2 is 2.29 bits per heavy atom. The second kappa shape index (κ2) is 4.07. The van der Waals surface area contributed by atoms with Crippen molar-refractivity contribution in [2.45, 2.75) is 19.4 Å². The number of rotatable bonds is 1. The van der Waals surface area contributed by atoms with Crippen molar-refractivity contribution < 1.29 is 14.0 Å². The molecular weight excluding hydrogens is 244 g/mol. The van der Waals surface area contributed by atoms with E-state index in [1.165, 1.54) is 17.2 Å². The highest BCUT2D eigenvalue weighted by Crippen LogP contribution is 2.24. The Bertz CT molecular complexity index is 467. The lowest BCUT2D eigenvalue weighted by Gasteiger charge is -2.41. The average Bonchev–Trinajstić information content (AvgIpc) is 2.68. The van der Waals surface area contributed by atoms with Gasteiger partial charge in [-0.05, 0) is 31.5 Å². The second-order valence-electron chi connectivity index (χ2n) is 4.38. The van der Waals surface area contributed by atoms with Crippen molar-refractivity contribution in [2.75, 3.05) is 13.1 Å². The third kappa shape index (κ3) is 1.91. The third-order valence-corrected chi connectivity index (χ3v) is 3.24. The average molecular weight is 257 g/mol. The molecule has 0 unspecified atom stereocenters. The van der Waals surface area contributed by atoms with Crippen LogP contribution in [-0.4, -0.2) is 35.3 Å². The molecule has 0 bridgehead atoms. The first-order chi connectivity index (χ1) is 7.94. The Balaban J connectivity index is 2.31. The Hall–Kier alpha value is -1.49. The number of amides is 2. The molecule has 92 valence electrons. The lowest BCUT2D eigenvalue weighted by Crippen LogP contribution is -2.63. The summed E-state index contributed by atoms with van der Waals surface area (Å²) >= 11 is 5.77. The number of carbonyl (C=O) groups is 2. The molecule has 0 aromatic carbocycles. The van der Waals surface area contributed by atoms with Crippen LogP contribution < -0.4 is 5.32 Å². The number of piperazine rings is 1. The van der Waals surface area contributed by atoms with Crippen molar-refractivity contribution in [3.05, 3.63) is 23.1 Å². The summed E-state index contributed by atoms with van der Waals surface area (Å²) in [6.07, 6.45) is 1.35. The minimum absolute atomic E-state index is 0.0526. The largest absolute Gasteiger partial charge is 0.452 e. The Morgan fingerprint density at radius 3 is 2.88 bits per heavy atom. The van der Waals surface area contributed by atoms with Gasteiger partial charge in [-0.3, -0.25) is 9.59 Å². The molecular formula is C11H13ClN2O3. The van der Waals surface area contributed by atoms with Gasteiger partial charge in [-0.15, -0.1) is 0 Å². The number of furan rings is 1. The summed E-state index contributed by atoms with van der Waals surface area (Å²) in [5.41, 5.74) is -0.593. The standard InChI is InChI=1S/C11H13ClN2O3/c1-11(2)10(16)13-4-5-14(11)9(15)7-3-6-17-8(7)12/h3,6H,4-5H2,1-2H3,(H,13,16). The molecule has 1 aliphatic heterocycles. The topological polar surface area (TPSA) is 62.6 Å². The predicted octanol–water partition coefficient (Wildman–Crippen LogP) is 1.28.